The first-order chi connectivity index (χ1) is 19.5. The van der Waals surface area contributed by atoms with Crippen molar-refractivity contribution in [2.75, 3.05) is 55.3 Å². The monoisotopic (exact) mass is 549 g/mol. The normalized spacial score (nSPS) is 17.4. The smallest absolute Gasteiger partial charge is 0.158 e. The number of aromatic nitrogens is 4. The highest BCUT2D eigenvalue weighted by Crippen LogP contribution is 2.41. The summed E-state index contributed by atoms with van der Waals surface area (Å²) in [5.41, 5.74) is 4.16. The van der Waals surface area contributed by atoms with Crippen molar-refractivity contribution in [2.45, 2.75) is 12.5 Å². The van der Waals surface area contributed by atoms with E-state index >= 15 is 0 Å². The second kappa shape index (κ2) is 11.1. The summed E-state index contributed by atoms with van der Waals surface area (Å²) in [6.45, 7) is 3.23. The van der Waals surface area contributed by atoms with Crippen molar-refractivity contribution in [3.05, 3.63) is 72.3 Å². The molecule has 2 aliphatic heterocycles. The van der Waals surface area contributed by atoms with Gasteiger partial charge in [-0.15, -0.1) is 0 Å². The highest BCUT2D eigenvalue weighted by Gasteiger charge is 2.30. The second-order valence-corrected chi connectivity index (χ2v) is 9.62. The summed E-state index contributed by atoms with van der Waals surface area (Å²) >= 11 is 0. The zero-order valence-electron chi connectivity index (χ0n) is 22.2. The van der Waals surface area contributed by atoms with Gasteiger partial charge >= 0.3 is 0 Å². The number of methoxy groups -OCH3 is 1. The Hall–Kier alpha value is -4.29. The molecule has 2 fully saturated rings. The third-order valence-electron chi connectivity index (χ3n) is 7.00. The van der Waals surface area contributed by atoms with E-state index in [0.717, 1.165) is 36.0 Å². The lowest BCUT2D eigenvalue weighted by Crippen LogP contribution is -2.36. The molecule has 0 amide bonds. The number of anilines is 4. The summed E-state index contributed by atoms with van der Waals surface area (Å²) in [7, 11) is 3.51. The summed E-state index contributed by atoms with van der Waals surface area (Å²) in [4.78, 5) is 16.9. The number of hydrogen-bond acceptors (Lipinski definition) is 9. The summed E-state index contributed by atoms with van der Waals surface area (Å²) in [5.74, 6) is 0.327. The Balaban J connectivity index is 1.33. The fraction of sp³-hybridized carbons (Fsp3) is 0.321. The van der Waals surface area contributed by atoms with E-state index < -0.39 is 17.7 Å². The number of halogens is 2. The van der Waals surface area contributed by atoms with Crippen LogP contribution in [0.5, 0.6) is 5.75 Å². The quantitative estimate of drug-likeness (QED) is 0.355. The SMILES string of the molecule is COc1cc(N2CCOCC2)c(-c2cnn(C)c2)cc1Nc1cc(N2OCC[C@@H]2c2cc(F)cc(F)c2)ncn1. The highest BCUT2D eigenvalue weighted by atomic mass is 19.1. The van der Waals surface area contributed by atoms with Crippen LogP contribution in [0.25, 0.3) is 11.1 Å². The molecule has 12 heteroatoms. The van der Waals surface area contributed by atoms with Gasteiger partial charge in [0.2, 0.25) is 0 Å². The Labute approximate surface area is 230 Å². The molecule has 0 bridgehead atoms. The zero-order valence-corrected chi connectivity index (χ0v) is 22.2. The highest BCUT2D eigenvalue weighted by molar-refractivity contribution is 5.85. The molecule has 2 aromatic heterocycles. The van der Waals surface area contributed by atoms with Gasteiger partial charge in [-0.2, -0.15) is 5.10 Å². The summed E-state index contributed by atoms with van der Waals surface area (Å²) < 4.78 is 41.0. The molecule has 6 rings (SSSR count). The number of ether oxygens (including phenoxy) is 2. The minimum Gasteiger partial charge on any atom is -0.494 e. The summed E-state index contributed by atoms with van der Waals surface area (Å²) in [6, 6.07) is 8.85. The molecule has 4 aromatic rings. The van der Waals surface area contributed by atoms with Gasteiger partial charge in [0.25, 0.3) is 0 Å². The van der Waals surface area contributed by atoms with Crippen LogP contribution in [-0.4, -0.2) is 59.8 Å². The van der Waals surface area contributed by atoms with Gasteiger partial charge in [0.05, 0.1) is 44.9 Å². The van der Waals surface area contributed by atoms with Gasteiger partial charge in [-0.1, -0.05) is 0 Å². The predicted molar refractivity (Wildman–Crippen MR) is 146 cm³/mol. The Morgan fingerprint density at radius 3 is 2.52 bits per heavy atom. The van der Waals surface area contributed by atoms with Gasteiger partial charge in [-0.3, -0.25) is 9.52 Å². The lowest BCUT2D eigenvalue weighted by atomic mass is 10.0. The average Bonchev–Trinajstić information content (AvgIpc) is 3.62. The van der Waals surface area contributed by atoms with Crippen molar-refractivity contribution >= 4 is 23.0 Å². The average molecular weight is 550 g/mol. The van der Waals surface area contributed by atoms with E-state index in [-0.39, 0.29) is 0 Å². The summed E-state index contributed by atoms with van der Waals surface area (Å²) in [6.07, 6.45) is 5.77. The number of morpholine rings is 1. The Kier molecular flexibility index (Phi) is 7.18. The van der Waals surface area contributed by atoms with E-state index in [4.69, 9.17) is 14.3 Å². The van der Waals surface area contributed by atoms with Crippen molar-refractivity contribution in [1.82, 2.24) is 19.7 Å². The van der Waals surface area contributed by atoms with Gasteiger partial charge in [0.15, 0.2) is 5.82 Å². The molecule has 2 aromatic carbocycles. The first-order valence-electron chi connectivity index (χ1n) is 13.0. The van der Waals surface area contributed by atoms with E-state index in [1.807, 2.05) is 31.6 Å². The standard InChI is InChI=1S/C28H29F2N7O3/c1-35-16-19(15-33-35)22-12-23(26(38-2)13-25(22)36-4-7-39-8-5-36)34-27-14-28(32-17-31-27)37-24(3-6-40-37)18-9-20(29)11-21(30)10-18/h9-17,24H,3-8H2,1-2H3,(H,31,32,34)/t24-/m1/s1. The molecule has 10 nitrogen and oxygen atoms in total. The molecule has 0 unspecified atom stereocenters. The van der Waals surface area contributed by atoms with Crippen LogP contribution in [-0.2, 0) is 16.6 Å². The molecule has 0 radical (unpaired) electrons. The number of hydroxylamine groups is 1. The maximum atomic E-state index is 13.9. The molecule has 0 spiro atoms. The number of nitrogens with one attached hydrogen (secondary N) is 1. The first kappa shape index (κ1) is 26.0. The third-order valence-corrected chi connectivity index (χ3v) is 7.00. The minimum atomic E-state index is -0.635. The van der Waals surface area contributed by atoms with Crippen molar-refractivity contribution in [3.8, 4) is 16.9 Å². The fourth-order valence-corrected chi connectivity index (χ4v) is 5.13. The number of aryl methyl sites for hydroxylation is 1. The fourth-order valence-electron chi connectivity index (χ4n) is 5.13. The molecule has 0 aliphatic carbocycles. The van der Waals surface area contributed by atoms with Crippen molar-refractivity contribution in [1.29, 1.82) is 0 Å². The lowest BCUT2D eigenvalue weighted by molar-refractivity contribution is 0.122. The van der Waals surface area contributed by atoms with Crippen LogP contribution in [0, 0.1) is 11.6 Å². The van der Waals surface area contributed by atoms with Crippen molar-refractivity contribution in [3.63, 3.8) is 0 Å². The first-order valence-corrected chi connectivity index (χ1v) is 13.0. The lowest BCUT2D eigenvalue weighted by Gasteiger charge is -2.31. The van der Waals surface area contributed by atoms with Gasteiger partial charge in [0, 0.05) is 67.8 Å². The third kappa shape index (κ3) is 5.27. The van der Waals surface area contributed by atoms with Crippen LogP contribution in [0.1, 0.15) is 18.0 Å². The molecular weight excluding hydrogens is 520 g/mol. The second-order valence-electron chi connectivity index (χ2n) is 9.62. The molecule has 2 aliphatic rings. The van der Waals surface area contributed by atoms with E-state index in [1.54, 1.807) is 22.9 Å². The van der Waals surface area contributed by atoms with Crippen LogP contribution < -0.4 is 20.0 Å². The van der Waals surface area contributed by atoms with Crippen LogP contribution in [0.15, 0.2) is 55.1 Å². The molecule has 2 saturated heterocycles. The maximum Gasteiger partial charge on any atom is 0.158 e. The van der Waals surface area contributed by atoms with Crippen LogP contribution in [0.3, 0.4) is 0 Å². The number of hydrogen-bond donors (Lipinski definition) is 1. The molecule has 1 N–H and O–H groups in total. The van der Waals surface area contributed by atoms with Crippen LogP contribution >= 0.6 is 0 Å². The Bertz CT molecular complexity index is 1490. The minimum absolute atomic E-state index is 0.390. The molecule has 40 heavy (non-hydrogen) atoms. The Morgan fingerprint density at radius 1 is 1.00 bits per heavy atom. The van der Waals surface area contributed by atoms with Gasteiger partial charge in [0.1, 0.15) is 29.5 Å². The largest absolute Gasteiger partial charge is 0.494 e. The zero-order chi connectivity index (χ0) is 27.6. The van der Waals surface area contributed by atoms with Gasteiger partial charge in [-0.25, -0.2) is 23.8 Å². The van der Waals surface area contributed by atoms with Crippen LogP contribution in [0.2, 0.25) is 0 Å². The number of benzene rings is 2. The van der Waals surface area contributed by atoms with Crippen molar-refractivity contribution in [2.24, 2.45) is 7.05 Å². The van der Waals surface area contributed by atoms with Gasteiger partial charge in [-0.05, 0) is 23.8 Å². The molecule has 208 valence electrons. The van der Waals surface area contributed by atoms with E-state index in [9.17, 15) is 8.78 Å². The Morgan fingerprint density at radius 2 is 1.80 bits per heavy atom. The molecular formula is C28H29F2N7O3. The molecule has 1 atom stereocenters. The van der Waals surface area contributed by atoms with Crippen LogP contribution in [0.4, 0.5) is 31.8 Å². The molecule has 4 heterocycles. The topological polar surface area (TPSA) is 89.8 Å². The molecule has 0 saturated carbocycles. The van der Waals surface area contributed by atoms with Gasteiger partial charge < -0.3 is 19.7 Å². The van der Waals surface area contributed by atoms with E-state index in [0.29, 0.717) is 54.9 Å². The van der Waals surface area contributed by atoms with Crippen molar-refractivity contribution < 1.29 is 23.1 Å². The van der Waals surface area contributed by atoms with E-state index in [2.05, 4.69) is 25.3 Å². The predicted octanol–water partition coefficient (Wildman–Crippen LogP) is 4.63. The summed E-state index contributed by atoms with van der Waals surface area (Å²) in [5, 5.41) is 9.30. The maximum absolute atomic E-state index is 13.9. The number of nitrogens with zero attached hydrogens (tertiary/aromatic N) is 6. The number of rotatable bonds is 7. The van der Waals surface area contributed by atoms with E-state index in [1.165, 1.54) is 18.5 Å².